The Labute approximate surface area is 84.4 Å². The van der Waals surface area contributed by atoms with Gasteiger partial charge in [0.1, 0.15) is 0 Å². The van der Waals surface area contributed by atoms with Crippen molar-refractivity contribution < 1.29 is 9.53 Å². The molecule has 0 saturated heterocycles. The van der Waals surface area contributed by atoms with Crippen LogP contribution in [0.25, 0.3) is 0 Å². The van der Waals surface area contributed by atoms with Crippen LogP contribution in [0, 0.1) is 11.3 Å². The summed E-state index contributed by atoms with van der Waals surface area (Å²) in [5, 5.41) is 8.46. The predicted molar refractivity (Wildman–Crippen MR) is 51.5 cm³/mol. The number of carbonyl (C=O) groups excluding carboxylic acids is 1. The molecule has 78 valence electrons. The van der Waals surface area contributed by atoms with Crippen LogP contribution in [0.4, 0.5) is 0 Å². The molecule has 1 aliphatic rings. The monoisotopic (exact) mass is 196 g/mol. The second kappa shape index (κ2) is 5.61. The highest BCUT2D eigenvalue weighted by Gasteiger charge is 2.30. The van der Waals surface area contributed by atoms with Gasteiger partial charge in [0.15, 0.2) is 0 Å². The number of nitriles is 1. The van der Waals surface area contributed by atoms with Crippen molar-refractivity contribution in [1.82, 2.24) is 4.90 Å². The Hall–Kier alpha value is -1.08. The SMILES string of the molecule is CCOC(=O)CN(CCC#N)C1CC1. The van der Waals surface area contributed by atoms with Gasteiger partial charge in [-0.05, 0) is 19.8 Å². The molecule has 0 heterocycles. The van der Waals surface area contributed by atoms with E-state index in [-0.39, 0.29) is 5.97 Å². The summed E-state index contributed by atoms with van der Waals surface area (Å²) < 4.78 is 4.87. The number of hydrogen-bond acceptors (Lipinski definition) is 4. The maximum Gasteiger partial charge on any atom is 0.320 e. The third-order valence-electron chi connectivity index (χ3n) is 2.21. The highest BCUT2D eigenvalue weighted by atomic mass is 16.5. The van der Waals surface area contributed by atoms with Crippen LogP contribution in [0.3, 0.4) is 0 Å². The molecule has 0 atom stereocenters. The molecule has 0 radical (unpaired) electrons. The average Bonchev–Trinajstić information content (AvgIpc) is 2.95. The van der Waals surface area contributed by atoms with E-state index in [0.717, 1.165) is 12.8 Å². The van der Waals surface area contributed by atoms with Crippen LogP contribution in [-0.2, 0) is 9.53 Å². The first-order chi connectivity index (χ1) is 6.77. The molecular weight excluding hydrogens is 180 g/mol. The van der Waals surface area contributed by atoms with Crippen molar-refractivity contribution in [1.29, 1.82) is 5.26 Å². The second-order valence-corrected chi connectivity index (χ2v) is 3.41. The van der Waals surface area contributed by atoms with Gasteiger partial charge >= 0.3 is 5.97 Å². The lowest BCUT2D eigenvalue weighted by atomic mass is 10.4. The number of carbonyl (C=O) groups is 1. The lowest BCUT2D eigenvalue weighted by Crippen LogP contribution is -2.33. The van der Waals surface area contributed by atoms with E-state index >= 15 is 0 Å². The van der Waals surface area contributed by atoms with E-state index in [9.17, 15) is 4.79 Å². The van der Waals surface area contributed by atoms with Gasteiger partial charge in [0.2, 0.25) is 0 Å². The quantitative estimate of drug-likeness (QED) is 0.593. The summed E-state index contributed by atoms with van der Waals surface area (Å²) in [7, 11) is 0. The summed E-state index contributed by atoms with van der Waals surface area (Å²) in [6.07, 6.45) is 2.77. The third-order valence-corrected chi connectivity index (χ3v) is 2.21. The molecule has 0 bridgehead atoms. The molecule has 1 rings (SSSR count). The van der Waals surface area contributed by atoms with Gasteiger partial charge in [-0.3, -0.25) is 9.69 Å². The lowest BCUT2D eigenvalue weighted by Gasteiger charge is -2.18. The van der Waals surface area contributed by atoms with Crippen LogP contribution < -0.4 is 0 Å². The molecule has 1 aliphatic carbocycles. The highest BCUT2D eigenvalue weighted by molar-refractivity contribution is 5.71. The van der Waals surface area contributed by atoms with Gasteiger partial charge in [-0.2, -0.15) is 5.26 Å². The predicted octanol–water partition coefficient (Wildman–Crippen LogP) is 0.928. The molecule has 1 fully saturated rings. The second-order valence-electron chi connectivity index (χ2n) is 3.41. The van der Waals surface area contributed by atoms with Gasteiger partial charge in [0.25, 0.3) is 0 Å². The maximum atomic E-state index is 11.2. The number of esters is 1. The average molecular weight is 196 g/mol. The van der Waals surface area contributed by atoms with Crippen LogP contribution in [0.2, 0.25) is 0 Å². The van der Waals surface area contributed by atoms with Crippen LogP contribution in [0.15, 0.2) is 0 Å². The minimum Gasteiger partial charge on any atom is -0.465 e. The normalized spacial score (nSPS) is 15.2. The molecular formula is C10H16N2O2. The first-order valence-electron chi connectivity index (χ1n) is 5.04. The summed E-state index contributed by atoms with van der Waals surface area (Å²) in [4.78, 5) is 13.2. The molecule has 0 amide bonds. The zero-order valence-corrected chi connectivity index (χ0v) is 8.53. The fourth-order valence-electron chi connectivity index (χ4n) is 1.40. The summed E-state index contributed by atoms with van der Waals surface area (Å²) in [6, 6.07) is 2.60. The molecule has 0 spiro atoms. The smallest absolute Gasteiger partial charge is 0.320 e. The van der Waals surface area contributed by atoms with Crippen molar-refractivity contribution in [2.24, 2.45) is 0 Å². The standard InChI is InChI=1S/C10H16N2O2/c1-2-14-10(13)8-12(7-3-6-11)9-4-5-9/h9H,2-5,7-8H2,1H3. The number of rotatable bonds is 6. The summed E-state index contributed by atoms with van der Waals surface area (Å²) in [5.74, 6) is -0.183. The highest BCUT2D eigenvalue weighted by Crippen LogP contribution is 2.26. The van der Waals surface area contributed by atoms with E-state index in [1.54, 1.807) is 6.92 Å². The maximum absolute atomic E-state index is 11.2. The van der Waals surface area contributed by atoms with Gasteiger partial charge in [-0.1, -0.05) is 0 Å². The van der Waals surface area contributed by atoms with Gasteiger partial charge in [-0.15, -0.1) is 0 Å². The molecule has 4 heteroatoms. The molecule has 4 nitrogen and oxygen atoms in total. The van der Waals surface area contributed by atoms with Crippen molar-refractivity contribution in [3.05, 3.63) is 0 Å². The fraction of sp³-hybridized carbons (Fsp3) is 0.800. The number of ether oxygens (including phenoxy) is 1. The molecule has 0 aromatic rings. The number of nitrogens with zero attached hydrogens (tertiary/aromatic N) is 2. The van der Waals surface area contributed by atoms with Gasteiger partial charge in [0.05, 0.1) is 19.2 Å². The summed E-state index contributed by atoms with van der Waals surface area (Å²) in [5.41, 5.74) is 0. The minimum absolute atomic E-state index is 0.183. The first kappa shape index (κ1) is 11.0. The fourth-order valence-corrected chi connectivity index (χ4v) is 1.40. The van der Waals surface area contributed by atoms with E-state index in [4.69, 9.17) is 10.00 Å². The number of hydrogen-bond donors (Lipinski definition) is 0. The van der Waals surface area contributed by atoms with E-state index < -0.39 is 0 Å². The van der Waals surface area contributed by atoms with E-state index in [1.807, 2.05) is 4.90 Å². The Morgan fingerprint density at radius 3 is 2.86 bits per heavy atom. The zero-order valence-electron chi connectivity index (χ0n) is 8.53. The molecule has 0 aromatic carbocycles. The zero-order chi connectivity index (χ0) is 10.4. The molecule has 0 aromatic heterocycles. The molecule has 0 aliphatic heterocycles. The van der Waals surface area contributed by atoms with Crippen molar-refractivity contribution in [2.45, 2.75) is 32.2 Å². The van der Waals surface area contributed by atoms with Crippen LogP contribution in [0.5, 0.6) is 0 Å². The van der Waals surface area contributed by atoms with Crippen LogP contribution in [-0.4, -0.2) is 36.6 Å². The minimum atomic E-state index is -0.183. The van der Waals surface area contributed by atoms with Crippen molar-refractivity contribution in [3.63, 3.8) is 0 Å². The molecule has 1 saturated carbocycles. The van der Waals surface area contributed by atoms with Crippen LogP contribution >= 0.6 is 0 Å². The van der Waals surface area contributed by atoms with Gasteiger partial charge in [0, 0.05) is 19.0 Å². The summed E-state index contributed by atoms with van der Waals surface area (Å²) >= 11 is 0. The van der Waals surface area contributed by atoms with Gasteiger partial charge < -0.3 is 4.74 Å². The Morgan fingerprint density at radius 2 is 2.36 bits per heavy atom. The van der Waals surface area contributed by atoms with Crippen molar-refractivity contribution in [3.8, 4) is 6.07 Å². The Bertz CT molecular complexity index is 231. The Balaban J connectivity index is 2.28. The molecule has 14 heavy (non-hydrogen) atoms. The third kappa shape index (κ3) is 3.75. The largest absolute Gasteiger partial charge is 0.465 e. The molecule has 0 unspecified atom stereocenters. The lowest BCUT2D eigenvalue weighted by molar-refractivity contribution is -0.144. The van der Waals surface area contributed by atoms with Crippen LogP contribution in [0.1, 0.15) is 26.2 Å². The Morgan fingerprint density at radius 1 is 1.64 bits per heavy atom. The molecule has 0 N–H and O–H groups in total. The van der Waals surface area contributed by atoms with Crippen molar-refractivity contribution in [2.75, 3.05) is 19.7 Å². The summed E-state index contributed by atoms with van der Waals surface area (Å²) in [6.45, 7) is 3.24. The van der Waals surface area contributed by atoms with Crippen molar-refractivity contribution >= 4 is 5.97 Å². The topological polar surface area (TPSA) is 53.3 Å². The van der Waals surface area contributed by atoms with E-state index in [2.05, 4.69) is 6.07 Å². The van der Waals surface area contributed by atoms with Gasteiger partial charge in [-0.25, -0.2) is 0 Å². The van der Waals surface area contributed by atoms with E-state index in [1.165, 1.54) is 0 Å². The first-order valence-corrected chi connectivity index (χ1v) is 5.04. The Kier molecular flexibility index (Phi) is 4.41. The van der Waals surface area contributed by atoms with E-state index in [0.29, 0.717) is 32.2 Å².